The first-order chi connectivity index (χ1) is 7.58. The first kappa shape index (κ1) is 11.8. The monoisotopic (exact) mass is 226 g/mol. The van der Waals surface area contributed by atoms with Crippen molar-refractivity contribution in [3.05, 3.63) is 28.3 Å². The van der Waals surface area contributed by atoms with Gasteiger partial charge in [0, 0.05) is 6.07 Å². The summed E-state index contributed by atoms with van der Waals surface area (Å²) in [5.41, 5.74) is 0.0377. The van der Waals surface area contributed by atoms with E-state index in [0.717, 1.165) is 0 Å². The molecule has 0 radical (unpaired) electrons. The highest BCUT2D eigenvalue weighted by Crippen LogP contribution is 2.29. The minimum absolute atomic E-state index is 0.125. The summed E-state index contributed by atoms with van der Waals surface area (Å²) in [6, 6.07) is 4.06. The van der Waals surface area contributed by atoms with Crippen LogP contribution >= 0.6 is 0 Å². The van der Waals surface area contributed by atoms with E-state index in [0.29, 0.717) is 0 Å². The maximum absolute atomic E-state index is 10.9. The zero-order valence-corrected chi connectivity index (χ0v) is 8.72. The lowest BCUT2D eigenvalue weighted by molar-refractivity contribution is -0.385. The fourth-order valence-electron chi connectivity index (χ4n) is 1.08. The zero-order chi connectivity index (χ0) is 12.1. The van der Waals surface area contributed by atoms with Gasteiger partial charge in [0.1, 0.15) is 0 Å². The molecule has 1 rings (SSSR count). The average molecular weight is 226 g/mol. The summed E-state index contributed by atoms with van der Waals surface area (Å²) < 4.78 is 9.17. The van der Waals surface area contributed by atoms with E-state index >= 15 is 0 Å². The lowest BCUT2D eigenvalue weighted by Gasteiger charge is -2.05. The summed E-state index contributed by atoms with van der Waals surface area (Å²) in [7, 11) is 2.53. The fourth-order valence-corrected chi connectivity index (χ4v) is 1.08. The molecule has 7 heteroatoms. The molecule has 0 aliphatic heterocycles. The van der Waals surface area contributed by atoms with E-state index in [1.54, 1.807) is 0 Å². The number of anilines is 1. The number of carbonyl (C=O) groups is 1. The van der Waals surface area contributed by atoms with Crippen molar-refractivity contribution < 1.29 is 19.2 Å². The molecule has 1 aromatic rings. The Morgan fingerprint density at radius 3 is 2.62 bits per heavy atom. The van der Waals surface area contributed by atoms with Crippen LogP contribution in [0.1, 0.15) is 0 Å². The number of nitrogens with zero attached hydrogens (tertiary/aromatic N) is 1. The van der Waals surface area contributed by atoms with Crippen molar-refractivity contribution >= 4 is 17.5 Å². The van der Waals surface area contributed by atoms with E-state index < -0.39 is 11.0 Å². The molecule has 0 aromatic heterocycles. The van der Waals surface area contributed by atoms with E-state index in [-0.39, 0.29) is 17.1 Å². The molecule has 1 amide bonds. The molecule has 7 nitrogen and oxygen atoms in total. The Morgan fingerprint density at radius 2 is 2.12 bits per heavy atom. The number of hydrogen-bond acceptors (Lipinski definition) is 5. The Labute approximate surface area is 91.1 Å². The number of nitro groups is 1. The molecular formula is C9H10N2O5. The molecule has 0 spiro atoms. The summed E-state index contributed by atoms with van der Waals surface area (Å²) in [5, 5.41) is 13.0. The van der Waals surface area contributed by atoms with Gasteiger partial charge in [-0.1, -0.05) is 0 Å². The van der Waals surface area contributed by atoms with Gasteiger partial charge in [0.25, 0.3) is 0 Å². The van der Waals surface area contributed by atoms with Gasteiger partial charge in [-0.25, -0.2) is 4.79 Å². The molecule has 0 bridgehead atoms. The highest BCUT2D eigenvalue weighted by molar-refractivity contribution is 5.85. The van der Waals surface area contributed by atoms with Crippen LogP contribution in [0.5, 0.6) is 5.75 Å². The quantitative estimate of drug-likeness (QED) is 0.626. The zero-order valence-electron chi connectivity index (χ0n) is 8.72. The van der Waals surface area contributed by atoms with Gasteiger partial charge in [-0.3, -0.25) is 15.4 Å². The number of nitro benzene ring substituents is 1. The van der Waals surface area contributed by atoms with Gasteiger partial charge in [0.2, 0.25) is 0 Å². The minimum Gasteiger partial charge on any atom is -0.490 e. The number of nitrogens with one attached hydrogen (secondary N) is 1. The molecule has 0 aliphatic carbocycles. The first-order valence-electron chi connectivity index (χ1n) is 4.26. The van der Waals surface area contributed by atoms with Crippen molar-refractivity contribution in [2.75, 3.05) is 19.5 Å². The van der Waals surface area contributed by atoms with E-state index in [9.17, 15) is 14.9 Å². The molecule has 1 aromatic carbocycles. The van der Waals surface area contributed by atoms with Gasteiger partial charge >= 0.3 is 11.8 Å². The molecule has 1 N–H and O–H groups in total. The van der Waals surface area contributed by atoms with Crippen molar-refractivity contribution in [1.29, 1.82) is 0 Å². The van der Waals surface area contributed by atoms with Gasteiger partial charge in [-0.05, 0) is 12.1 Å². The van der Waals surface area contributed by atoms with Crippen molar-refractivity contribution in [3.8, 4) is 5.75 Å². The lowest BCUT2D eigenvalue weighted by atomic mass is 10.2. The number of ether oxygens (including phenoxy) is 2. The highest BCUT2D eigenvalue weighted by Gasteiger charge is 2.15. The second kappa shape index (κ2) is 4.96. The minimum atomic E-state index is -0.695. The number of hydrogen-bond donors (Lipinski definition) is 1. The number of benzene rings is 1. The number of rotatable bonds is 3. The summed E-state index contributed by atoms with van der Waals surface area (Å²) >= 11 is 0. The van der Waals surface area contributed by atoms with Crippen LogP contribution < -0.4 is 10.1 Å². The van der Waals surface area contributed by atoms with Crippen LogP contribution in [0, 0.1) is 10.1 Å². The molecule has 0 saturated carbocycles. The van der Waals surface area contributed by atoms with Crippen molar-refractivity contribution in [2.45, 2.75) is 0 Å². The molecule has 0 fully saturated rings. The standard InChI is InChI=1S/C9H10N2O5/c1-15-8-4-3-6(10-9(12)16-2)5-7(8)11(13)14/h3-5H,1-2H3,(H,10,12). The average Bonchev–Trinajstić information content (AvgIpc) is 2.28. The van der Waals surface area contributed by atoms with Crippen LogP contribution in [0.15, 0.2) is 18.2 Å². The van der Waals surface area contributed by atoms with Crippen molar-refractivity contribution in [3.63, 3.8) is 0 Å². The third-order valence-electron chi connectivity index (χ3n) is 1.81. The SMILES string of the molecule is COC(=O)Nc1ccc(OC)c([N+](=O)[O-])c1. The first-order valence-corrected chi connectivity index (χ1v) is 4.26. The summed E-state index contributed by atoms with van der Waals surface area (Å²) in [6.45, 7) is 0. The maximum atomic E-state index is 10.9. The van der Waals surface area contributed by atoms with Crippen molar-refractivity contribution in [2.24, 2.45) is 0 Å². The van der Waals surface area contributed by atoms with E-state index in [1.165, 1.54) is 32.4 Å². The normalized spacial score (nSPS) is 9.38. The third-order valence-corrected chi connectivity index (χ3v) is 1.81. The van der Waals surface area contributed by atoms with Crippen LogP contribution in [0.3, 0.4) is 0 Å². The van der Waals surface area contributed by atoms with Gasteiger partial charge in [0.05, 0.1) is 24.8 Å². The summed E-state index contributed by atoms with van der Waals surface area (Å²) in [5.74, 6) is 0.125. The van der Waals surface area contributed by atoms with Gasteiger partial charge in [-0.2, -0.15) is 0 Å². The predicted molar refractivity (Wildman–Crippen MR) is 55.7 cm³/mol. The second-order valence-electron chi connectivity index (χ2n) is 2.76. The molecule has 0 saturated heterocycles. The fraction of sp³-hybridized carbons (Fsp3) is 0.222. The number of carbonyl (C=O) groups excluding carboxylic acids is 1. The molecule has 0 atom stereocenters. The van der Waals surface area contributed by atoms with Crippen LogP contribution in [-0.4, -0.2) is 25.2 Å². The Morgan fingerprint density at radius 1 is 1.44 bits per heavy atom. The highest BCUT2D eigenvalue weighted by atomic mass is 16.6. The van der Waals surface area contributed by atoms with Crippen LogP contribution in [-0.2, 0) is 4.74 Å². The Hall–Kier alpha value is -2.31. The summed E-state index contributed by atoms with van der Waals surface area (Å²) in [4.78, 5) is 21.0. The third kappa shape index (κ3) is 2.59. The molecule has 86 valence electrons. The van der Waals surface area contributed by atoms with Crippen LogP contribution in [0.4, 0.5) is 16.2 Å². The van der Waals surface area contributed by atoms with Gasteiger partial charge in [-0.15, -0.1) is 0 Å². The topological polar surface area (TPSA) is 90.7 Å². The summed E-state index contributed by atoms with van der Waals surface area (Å²) in [6.07, 6.45) is -0.695. The molecule has 16 heavy (non-hydrogen) atoms. The van der Waals surface area contributed by atoms with Gasteiger partial charge < -0.3 is 9.47 Å². The van der Waals surface area contributed by atoms with Gasteiger partial charge in [0.15, 0.2) is 5.75 Å². The maximum Gasteiger partial charge on any atom is 0.411 e. The molecule has 0 unspecified atom stereocenters. The van der Waals surface area contributed by atoms with E-state index in [4.69, 9.17) is 4.74 Å². The lowest BCUT2D eigenvalue weighted by Crippen LogP contribution is -2.11. The van der Waals surface area contributed by atoms with E-state index in [1.807, 2.05) is 0 Å². The van der Waals surface area contributed by atoms with E-state index in [2.05, 4.69) is 10.1 Å². The number of amides is 1. The Bertz CT molecular complexity index is 418. The number of methoxy groups -OCH3 is 2. The Balaban J connectivity index is 3.02. The van der Waals surface area contributed by atoms with Crippen molar-refractivity contribution in [1.82, 2.24) is 0 Å². The molecule has 0 aliphatic rings. The molecular weight excluding hydrogens is 216 g/mol. The van der Waals surface area contributed by atoms with Crippen LogP contribution in [0.2, 0.25) is 0 Å². The molecule has 0 heterocycles. The Kier molecular flexibility index (Phi) is 3.65. The largest absolute Gasteiger partial charge is 0.490 e. The van der Waals surface area contributed by atoms with Crippen LogP contribution in [0.25, 0.3) is 0 Å². The second-order valence-corrected chi connectivity index (χ2v) is 2.76. The predicted octanol–water partition coefficient (Wildman–Crippen LogP) is 1.78. The smallest absolute Gasteiger partial charge is 0.411 e.